The summed E-state index contributed by atoms with van der Waals surface area (Å²) in [6.07, 6.45) is 5.20. The fourth-order valence-corrected chi connectivity index (χ4v) is 6.28. The van der Waals surface area contributed by atoms with Crippen LogP contribution in [0, 0.1) is 0 Å². The predicted molar refractivity (Wildman–Crippen MR) is 202 cm³/mol. The number of carbonyl (C=O) groups excluding carboxylic acids is 2. The van der Waals surface area contributed by atoms with Gasteiger partial charge in [0.2, 0.25) is 5.91 Å². The molecule has 3 aromatic rings. The Balaban J connectivity index is 1.47. The average Bonchev–Trinajstić information content (AvgIpc) is 3.15. The highest BCUT2D eigenvalue weighted by Gasteiger charge is 2.26. The largest absolute Gasteiger partial charge is 0.467 e. The Kier molecular flexibility index (Phi) is 19.5. The van der Waals surface area contributed by atoms with Crippen molar-refractivity contribution in [1.29, 1.82) is 0 Å². The number of benzene rings is 3. The Bertz CT molecular complexity index is 1380. The van der Waals surface area contributed by atoms with E-state index in [1.54, 1.807) is 0 Å². The molecule has 3 aromatic carbocycles. The van der Waals surface area contributed by atoms with Crippen molar-refractivity contribution in [1.82, 2.24) is 10.2 Å². The number of aryl methyl sites for hydroxylation is 3. The number of unbranched alkanes of at least 4 members (excludes halogenated alkanes) is 3. The van der Waals surface area contributed by atoms with Crippen molar-refractivity contribution in [3.05, 3.63) is 95.6 Å². The third-order valence-electron chi connectivity index (χ3n) is 9.43. The lowest BCUT2D eigenvalue weighted by molar-refractivity contribution is -0.145. The lowest BCUT2D eigenvalue weighted by Crippen LogP contribution is -2.45. The Hall–Kier alpha value is -3.60. The van der Waals surface area contributed by atoms with E-state index in [4.69, 9.17) is 9.84 Å². The Labute approximate surface area is 304 Å². The van der Waals surface area contributed by atoms with Crippen molar-refractivity contribution in [2.75, 3.05) is 33.4 Å². The van der Waals surface area contributed by atoms with E-state index in [1.165, 1.54) is 43.1 Å². The molecular formula is C42H60N2O7. The summed E-state index contributed by atoms with van der Waals surface area (Å²) in [7, 11) is 1.31. The second kappa shape index (κ2) is 23.8. The van der Waals surface area contributed by atoms with E-state index < -0.39 is 30.3 Å². The smallest absolute Gasteiger partial charge is 0.328 e. The van der Waals surface area contributed by atoms with Crippen LogP contribution in [-0.4, -0.2) is 94.9 Å². The molecule has 51 heavy (non-hydrogen) atoms. The number of amides is 1. The van der Waals surface area contributed by atoms with Crippen molar-refractivity contribution in [2.24, 2.45) is 0 Å². The summed E-state index contributed by atoms with van der Waals surface area (Å²) in [4.78, 5) is 27.5. The summed E-state index contributed by atoms with van der Waals surface area (Å²) in [5.41, 5.74) is 5.92. The maximum absolute atomic E-state index is 12.9. The molecule has 0 radical (unpaired) electrons. The van der Waals surface area contributed by atoms with Crippen LogP contribution in [0.1, 0.15) is 81.4 Å². The minimum atomic E-state index is -1.37. The first-order valence-electron chi connectivity index (χ1n) is 18.7. The van der Waals surface area contributed by atoms with E-state index in [0.29, 0.717) is 38.8 Å². The van der Waals surface area contributed by atoms with Crippen LogP contribution in [0.4, 0.5) is 0 Å². The van der Waals surface area contributed by atoms with Gasteiger partial charge in [-0.05, 0) is 98.7 Å². The highest BCUT2D eigenvalue weighted by atomic mass is 16.5. The van der Waals surface area contributed by atoms with Crippen LogP contribution in [0.5, 0.6) is 0 Å². The van der Waals surface area contributed by atoms with Crippen molar-refractivity contribution in [3.8, 4) is 11.1 Å². The zero-order valence-electron chi connectivity index (χ0n) is 30.6. The second-order valence-electron chi connectivity index (χ2n) is 13.5. The monoisotopic (exact) mass is 704 g/mol. The molecule has 0 aromatic heterocycles. The summed E-state index contributed by atoms with van der Waals surface area (Å²) in [6, 6.07) is 26.3. The number of nitrogens with one attached hydrogen (secondary N) is 1. The zero-order chi connectivity index (χ0) is 36.8. The molecule has 0 heterocycles. The summed E-state index contributed by atoms with van der Waals surface area (Å²) >= 11 is 0. The normalized spacial score (nSPS) is 13.8. The van der Waals surface area contributed by atoms with Crippen LogP contribution in [0.3, 0.4) is 0 Å². The first kappa shape index (κ1) is 41.8. The molecule has 0 saturated carbocycles. The SMILES string of the molecule is CCCCCc1ccc(-c2ccc(CCC(=O)N[C@@H](CCCCN(CCCc3ccccc3)C[C@H](O)[C@@H](O)[C@H](O)CCO)C(=O)OC)cc2)cc1. The van der Waals surface area contributed by atoms with Gasteiger partial charge in [0.05, 0.1) is 19.3 Å². The third kappa shape index (κ3) is 15.7. The van der Waals surface area contributed by atoms with E-state index in [1.807, 2.05) is 35.2 Å². The molecule has 1 amide bonds. The van der Waals surface area contributed by atoms with E-state index >= 15 is 0 Å². The number of methoxy groups -OCH3 is 1. The summed E-state index contributed by atoms with van der Waals surface area (Å²) in [5, 5.41) is 43.1. The molecule has 0 aliphatic rings. The molecule has 0 aliphatic carbocycles. The molecule has 0 aliphatic heterocycles. The average molecular weight is 705 g/mol. The molecule has 4 atom stereocenters. The van der Waals surface area contributed by atoms with Crippen LogP contribution < -0.4 is 5.32 Å². The second-order valence-corrected chi connectivity index (χ2v) is 13.5. The molecule has 0 bridgehead atoms. The fraction of sp³-hybridized carbons (Fsp3) is 0.524. The standard InChI is InChI=1S/C42H60N2O7/c1-3-4-6-12-33-17-22-35(23-18-33)36-24-19-34(20-25-36)21-26-40(48)43-37(42(50)51-2)16-9-10-28-44(29-11-15-32-13-7-5-8-14-32)31-39(47)41(49)38(46)27-30-45/h5,7-8,13-14,17-20,22-25,37-39,41,45-47,49H,3-4,6,9-12,15-16,21,26-31H2,1-2H3,(H,43,48)/t37-,38+,39-,41-/m0/s1. The van der Waals surface area contributed by atoms with Gasteiger partial charge in [0.1, 0.15) is 12.1 Å². The molecule has 9 nitrogen and oxygen atoms in total. The highest BCUT2D eigenvalue weighted by Crippen LogP contribution is 2.22. The maximum atomic E-state index is 12.9. The third-order valence-corrected chi connectivity index (χ3v) is 9.43. The lowest BCUT2D eigenvalue weighted by Gasteiger charge is -2.29. The quantitative estimate of drug-likeness (QED) is 0.0596. The molecule has 9 heteroatoms. The van der Waals surface area contributed by atoms with Crippen molar-refractivity contribution in [3.63, 3.8) is 0 Å². The molecule has 280 valence electrons. The van der Waals surface area contributed by atoms with Gasteiger partial charge >= 0.3 is 5.97 Å². The molecular weight excluding hydrogens is 644 g/mol. The molecule has 0 fully saturated rings. The molecule has 3 rings (SSSR count). The number of nitrogens with zero attached hydrogens (tertiary/aromatic N) is 1. The first-order valence-corrected chi connectivity index (χ1v) is 18.7. The number of hydrogen-bond donors (Lipinski definition) is 5. The van der Waals surface area contributed by atoms with Crippen LogP contribution in [0.15, 0.2) is 78.9 Å². The van der Waals surface area contributed by atoms with Gasteiger partial charge in [-0.3, -0.25) is 4.79 Å². The number of carbonyl (C=O) groups is 2. The van der Waals surface area contributed by atoms with Gasteiger partial charge in [-0.25, -0.2) is 4.79 Å². The van der Waals surface area contributed by atoms with Gasteiger partial charge in [0.15, 0.2) is 0 Å². The van der Waals surface area contributed by atoms with Gasteiger partial charge in [0.25, 0.3) is 0 Å². The Morgan fingerprint density at radius 3 is 1.90 bits per heavy atom. The fourth-order valence-electron chi connectivity index (χ4n) is 6.28. The molecule has 0 unspecified atom stereocenters. The minimum Gasteiger partial charge on any atom is -0.467 e. The number of esters is 1. The summed E-state index contributed by atoms with van der Waals surface area (Å²) in [5.74, 6) is -0.700. The molecule has 0 spiro atoms. The van der Waals surface area contributed by atoms with Gasteiger partial charge in [-0.1, -0.05) is 98.6 Å². The van der Waals surface area contributed by atoms with Crippen molar-refractivity contribution in [2.45, 2.75) is 108 Å². The highest BCUT2D eigenvalue weighted by molar-refractivity contribution is 5.84. The van der Waals surface area contributed by atoms with Crippen molar-refractivity contribution >= 4 is 11.9 Å². The predicted octanol–water partition coefficient (Wildman–Crippen LogP) is 5.25. The van der Waals surface area contributed by atoms with Gasteiger partial charge < -0.3 is 35.4 Å². The van der Waals surface area contributed by atoms with E-state index in [0.717, 1.165) is 30.4 Å². The Morgan fingerprint density at radius 2 is 1.29 bits per heavy atom. The van der Waals surface area contributed by atoms with Crippen molar-refractivity contribution < 1.29 is 34.8 Å². The van der Waals surface area contributed by atoms with E-state index in [2.05, 4.69) is 60.8 Å². The summed E-state index contributed by atoms with van der Waals surface area (Å²) in [6.45, 7) is 3.34. The summed E-state index contributed by atoms with van der Waals surface area (Å²) < 4.78 is 4.99. The van der Waals surface area contributed by atoms with Crippen LogP contribution >= 0.6 is 0 Å². The molecule has 0 saturated heterocycles. The van der Waals surface area contributed by atoms with Crippen LogP contribution in [0.25, 0.3) is 11.1 Å². The maximum Gasteiger partial charge on any atom is 0.328 e. The zero-order valence-corrected chi connectivity index (χ0v) is 30.6. The van der Waals surface area contributed by atoms with Crippen LogP contribution in [0.2, 0.25) is 0 Å². The van der Waals surface area contributed by atoms with Gasteiger partial charge in [-0.2, -0.15) is 0 Å². The lowest BCUT2D eigenvalue weighted by atomic mass is 9.99. The number of ether oxygens (including phenoxy) is 1. The van der Waals surface area contributed by atoms with E-state index in [-0.39, 0.29) is 31.9 Å². The van der Waals surface area contributed by atoms with Crippen LogP contribution in [-0.2, 0) is 33.6 Å². The number of aliphatic hydroxyl groups excluding tert-OH is 4. The Morgan fingerprint density at radius 1 is 0.706 bits per heavy atom. The molecule has 5 N–H and O–H groups in total. The van der Waals surface area contributed by atoms with Gasteiger partial charge in [-0.15, -0.1) is 0 Å². The van der Waals surface area contributed by atoms with E-state index in [9.17, 15) is 24.9 Å². The first-order chi connectivity index (χ1) is 24.7. The number of aliphatic hydroxyl groups is 4. The number of rotatable bonds is 25. The topological polar surface area (TPSA) is 140 Å². The van der Waals surface area contributed by atoms with Gasteiger partial charge in [0, 0.05) is 19.6 Å². The number of hydrogen-bond acceptors (Lipinski definition) is 8. The minimum absolute atomic E-state index is 0.0204.